The first-order valence-corrected chi connectivity index (χ1v) is 5.80. The highest BCUT2D eigenvalue weighted by atomic mass is 16.4. The van der Waals surface area contributed by atoms with Crippen LogP contribution in [0.1, 0.15) is 33.1 Å². The van der Waals surface area contributed by atoms with Crippen molar-refractivity contribution in [2.75, 3.05) is 6.54 Å². The molecular formula is C11H17N3O4. The van der Waals surface area contributed by atoms with Gasteiger partial charge in [0.25, 0.3) is 0 Å². The van der Waals surface area contributed by atoms with Gasteiger partial charge in [0.05, 0.1) is 6.54 Å². The lowest BCUT2D eigenvalue weighted by atomic mass is 10.1. The van der Waals surface area contributed by atoms with Crippen LogP contribution in [0.2, 0.25) is 0 Å². The summed E-state index contributed by atoms with van der Waals surface area (Å²) < 4.78 is 0. The van der Waals surface area contributed by atoms with Crippen LogP contribution in [0.3, 0.4) is 0 Å². The molecular weight excluding hydrogens is 238 g/mol. The second-order valence-corrected chi connectivity index (χ2v) is 4.34. The van der Waals surface area contributed by atoms with E-state index in [0.717, 1.165) is 5.01 Å². The van der Waals surface area contributed by atoms with Crippen molar-refractivity contribution in [1.29, 1.82) is 0 Å². The lowest BCUT2D eigenvalue weighted by molar-refractivity contribution is -0.133. The number of carboxylic acids is 1. The Morgan fingerprint density at radius 2 is 2.11 bits per heavy atom. The van der Waals surface area contributed by atoms with Crippen molar-refractivity contribution >= 4 is 23.5 Å². The third-order valence-electron chi connectivity index (χ3n) is 2.35. The van der Waals surface area contributed by atoms with E-state index in [1.807, 2.05) is 13.8 Å². The summed E-state index contributed by atoms with van der Waals surface area (Å²) in [6.07, 6.45) is 0.375. The molecule has 1 aliphatic heterocycles. The number of hydrogen-bond donors (Lipinski definition) is 2. The van der Waals surface area contributed by atoms with Crippen LogP contribution in [0.5, 0.6) is 0 Å². The highest BCUT2D eigenvalue weighted by Crippen LogP contribution is 2.09. The van der Waals surface area contributed by atoms with Crippen molar-refractivity contribution in [2.24, 2.45) is 5.10 Å². The number of rotatable bonds is 5. The van der Waals surface area contributed by atoms with Crippen LogP contribution >= 0.6 is 0 Å². The molecule has 1 aliphatic rings. The maximum absolute atomic E-state index is 11.5. The normalized spacial score (nSPS) is 15.6. The summed E-state index contributed by atoms with van der Waals surface area (Å²) in [5.41, 5.74) is -0.0427. The molecule has 7 heteroatoms. The second-order valence-electron chi connectivity index (χ2n) is 4.34. The summed E-state index contributed by atoms with van der Waals surface area (Å²) in [5, 5.41) is 16.3. The number of nitrogens with one attached hydrogen (secondary N) is 1. The predicted octanol–water partition coefficient (Wildman–Crippen LogP) is -0.0359. The smallest absolute Gasteiger partial charge is 0.352 e. The molecule has 2 N–H and O–H groups in total. The lowest BCUT2D eigenvalue weighted by Gasteiger charge is -2.22. The molecule has 0 aromatic carbocycles. The van der Waals surface area contributed by atoms with Crippen molar-refractivity contribution in [1.82, 2.24) is 10.3 Å². The van der Waals surface area contributed by atoms with E-state index in [1.54, 1.807) is 0 Å². The van der Waals surface area contributed by atoms with Crippen molar-refractivity contribution in [3.05, 3.63) is 0 Å². The van der Waals surface area contributed by atoms with Crippen LogP contribution in [0.25, 0.3) is 0 Å². The summed E-state index contributed by atoms with van der Waals surface area (Å²) in [4.78, 5) is 33.6. The molecule has 0 atom stereocenters. The molecule has 0 saturated carbocycles. The molecule has 7 nitrogen and oxygen atoms in total. The monoisotopic (exact) mass is 255 g/mol. The molecule has 0 spiro atoms. The summed E-state index contributed by atoms with van der Waals surface area (Å²) in [6.45, 7) is 3.78. The Morgan fingerprint density at radius 1 is 1.44 bits per heavy atom. The fourth-order valence-corrected chi connectivity index (χ4v) is 1.53. The summed E-state index contributed by atoms with van der Waals surface area (Å²) in [5.74, 6) is -1.56. The average molecular weight is 255 g/mol. The Kier molecular flexibility index (Phi) is 4.82. The molecule has 1 heterocycles. The van der Waals surface area contributed by atoms with Gasteiger partial charge in [-0.1, -0.05) is 0 Å². The standard InChI is InChI=1S/C11H17N3O4/c1-7(2)12-9(15)5-6-14-10(16)4-3-8(13-14)11(17)18/h7H,3-6H2,1-2H3,(H,12,15)(H,17,18). The molecule has 0 radical (unpaired) electrons. The van der Waals surface area contributed by atoms with Crippen LogP contribution in [0, 0.1) is 0 Å². The summed E-state index contributed by atoms with van der Waals surface area (Å²) in [6, 6.07) is 0.0349. The first-order chi connectivity index (χ1) is 8.40. The molecule has 0 saturated heterocycles. The molecule has 18 heavy (non-hydrogen) atoms. The minimum absolute atomic E-state index is 0.0349. The number of carbonyl (C=O) groups excluding carboxylic acids is 2. The fourth-order valence-electron chi connectivity index (χ4n) is 1.53. The first-order valence-electron chi connectivity index (χ1n) is 5.80. The maximum atomic E-state index is 11.5. The quantitative estimate of drug-likeness (QED) is 0.720. The van der Waals surface area contributed by atoms with E-state index in [1.165, 1.54) is 0 Å². The number of hydrazone groups is 1. The van der Waals surface area contributed by atoms with E-state index in [9.17, 15) is 14.4 Å². The Bertz CT molecular complexity index is 390. The van der Waals surface area contributed by atoms with Gasteiger partial charge in [-0.2, -0.15) is 5.10 Å². The van der Waals surface area contributed by atoms with Gasteiger partial charge in [-0.25, -0.2) is 9.80 Å². The number of carbonyl (C=O) groups is 3. The zero-order valence-corrected chi connectivity index (χ0v) is 10.5. The zero-order chi connectivity index (χ0) is 13.7. The maximum Gasteiger partial charge on any atom is 0.352 e. The molecule has 0 aromatic rings. The predicted molar refractivity (Wildman–Crippen MR) is 63.9 cm³/mol. The van der Waals surface area contributed by atoms with Crippen LogP contribution in [-0.2, 0) is 14.4 Å². The van der Waals surface area contributed by atoms with Crippen LogP contribution < -0.4 is 5.32 Å². The van der Waals surface area contributed by atoms with Crippen molar-refractivity contribution in [3.63, 3.8) is 0 Å². The Hall–Kier alpha value is -1.92. The van der Waals surface area contributed by atoms with Crippen molar-refractivity contribution in [3.8, 4) is 0 Å². The number of amides is 2. The van der Waals surface area contributed by atoms with E-state index in [0.29, 0.717) is 0 Å². The molecule has 2 amide bonds. The highest BCUT2D eigenvalue weighted by Gasteiger charge is 2.24. The minimum atomic E-state index is -1.13. The largest absolute Gasteiger partial charge is 0.477 e. The van der Waals surface area contributed by atoms with Crippen LogP contribution in [0.4, 0.5) is 0 Å². The number of hydrogen-bond acceptors (Lipinski definition) is 4. The van der Waals surface area contributed by atoms with Crippen molar-refractivity contribution < 1.29 is 19.5 Å². The number of carboxylic acid groups (broad SMARTS) is 1. The minimum Gasteiger partial charge on any atom is -0.477 e. The fraction of sp³-hybridized carbons (Fsp3) is 0.636. The molecule has 0 fully saturated rings. The van der Waals surface area contributed by atoms with E-state index in [2.05, 4.69) is 10.4 Å². The highest BCUT2D eigenvalue weighted by molar-refractivity contribution is 6.36. The summed E-state index contributed by atoms with van der Waals surface area (Å²) in [7, 11) is 0. The Morgan fingerprint density at radius 3 is 2.67 bits per heavy atom. The second kappa shape index (κ2) is 6.13. The average Bonchev–Trinajstić information content (AvgIpc) is 2.26. The van der Waals surface area contributed by atoms with Crippen molar-refractivity contribution in [2.45, 2.75) is 39.2 Å². The third kappa shape index (κ3) is 4.15. The van der Waals surface area contributed by atoms with Crippen LogP contribution in [0.15, 0.2) is 5.10 Å². The SMILES string of the molecule is CC(C)NC(=O)CCN1N=C(C(=O)O)CCC1=O. The number of aliphatic carboxylic acids is 1. The molecule has 0 unspecified atom stereocenters. The molecule has 100 valence electrons. The van der Waals surface area contributed by atoms with Gasteiger partial charge in [-0.3, -0.25) is 9.59 Å². The third-order valence-corrected chi connectivity index (χ3v) is 2.35. The Labute approximate surface area is 105 Å². The van der Waals surface area contributed by atoms with Gasteiger partial charge in [0, 0.05) is 25.3 Å². The topological polar surface area (TPSA) is 99.1 Å². The lowest BCUT2D eigenvalue weighted by Crippen LogP contribution is -2.38. The van der Waals surface area contributed by atoms with E-state index >= 15 is 0 Å². The molecule has 0 aromatic heterocycles. The van der Waals surface area contributed by atoms with E-state index in [-0.39, 0.29) is 49.4 Å². The molecule has 1 rings (SSSR count). The molecule has 0 bridgehead atoms. The van der Waals surface area contributed by atoms with Gasteiger partial charge in [0.1, 0.15) is 5.71 Å². The van der Waals surface area contributed by atoms with Gasteiger partial charge in [-0.05, 0) is 13.8 Å². The van der Waals surface area contributed by atoms with Gasteiger partial charge in [0.2, 0.25) is 11.8 Å². The van der Waals surface area contributed by atoms with Gasteiger partial charge >= 0.3 is 5.97 Å². The zero-order valence-electron chi connectivity index (χ0n) is 10.5. The summed E-state index contributed by atoms with van der Waals surface area (Å²) >= 11 is 0. The number of nitrogens with zero attached hydrogens (tertiary/aromatic N) is 2. The van der Waals surface area contributed by atoms with E-state index in [4.69, 9.17) is 5.11 Å². The Balaban J connectivity index is 2.54. The first kappa shape index (κ1) is 14.1. The van der Waals surface area contributed by atoms with Gasteiger partial charge in [0.15, 0.2) is 0 Å². The van der Waals surface area contributed by atoms with Crippen LogP contribution in [-0.4, -0.2) is 46.2 Å². The van der Waals surface area contributed by atoms with E-state index < -0.39 is 5.97 Å². The van der Waals surface area contributed by atoms with Gasteiger partial charge in [-0.15, -0.1) is 0 Å². The van der Waals surface area contributed by atoms with Gasteiger partial charge < -0.3 is 10.4 Å². The molecule has 0 aliphatic carbocycles.